The van der Waals surface area contributed by atoms with E-state index in [1.165, 1.54) is 0 Å². The Morgan fingerprint density at radius 3 is 2.31 bits per heavy atom. The van der Waals surface area contributed by atoms with E-state index in [1.54, 1.807) is 4.90 Å². The number of fused-ring (bicyclic) bond motifs is 1. The number of hydrogen-bond donors (Lipinski definition) is 1. The number of nitrogens with one attached hydrogen (secondary N) is 1. The second-order valence-corrected chi connectivity index (χ2v) is 10.7. The van der Waals surface area contributed by atoms with Gasteiger partial charge in [0, 0.05) is 23.3 Å². The van der Waals surface area contributed by atoms with Gasteiger partial charge in [0.1, 0.15) is 11.2 Å². The third-order valence-electron chi connectivity index (χ3n) is 7.67. The monoisotopic (exact) mass is 489 g/mol. The Morgan fingerprint density at radius 2 is 1.63 bits per heavy atom. The fraction of sp³-hybridized carbons (Fsp3) is 0.379. The highest BCUT2D eigenvalue weighted by molar-refractivity contribution is 6.30. The molecule has 1 N–H and O–H groups in total. The normalized spacial score (nSPS) is 24.2. The molecule has 1 unspecified atom stereocenters. The molecular formula is C29H32ClN3O2. The van der Waals surface area contributed by atoms with Gasteiger partial charge in [0.05, 0.1) is 6.54 Å². The highest BCUT2D eigenvalue weighted by Gasteiger charge is 2.48. The van der Waals surface area contributed by atoms with Gasteiger partial charge in [0.2, 0.25) is 5.91 Å². The summed E-state index contributed by atoms with van der Waals surface area (Å²) in [7, 11) is 0. The molecule has 182 valence electrons. The topological polar surface area (TPSA) is 54.3 Å². The van der Waals surface area contributed by atoms with Gasteiger partial charge in [-0.15, -0.1) is 0 Å². The molecule has 2 heterocycles. The Morgan fingerprint density at radius 1 is 0.971 bits per heavy atom. The molecular weight excluding hydrogens is 458 g/mol. The van der Waals surface area contributed by atoms with Crippen LogP contribution in [0.1, 0.15) is 55.6 Å². The van der Waals surface area contributed by atoms with Crippen LogP contribution in [0.15, 0.2) is 66.7 Å². The van der Waals surface area contributed by atoms with E-state index in [2.05, 4.69) is 12.2 Å². The van der Waals surface area contributed by atoms with Crippen molar-refractivity contribution in [3.05, 3.63) is 83.0 Å². The maximum atomic E-state index is 13.9. The highest BCUT2D eigenvalue weighted by atomic mass is 35.5. The fourth-order valence-corrected chi connectivity index (χ4v) is 5.53. The molecule has 3 aromatic rings. The van der Waals surface area contributed by atoms with Gasteiger partial charge >= 0.3 is 0 Å². The lowest BCUT2D eigenvalue weighted by atomic mass is 9.86. The summed E-state index contributed by atoms with van der Waals surface area (Å²) < 4.78 is 2.01. The lowest BCUT2D eigenvalue weighted by molar-refractivity contribution is -0.134. The number of aromatic nitrogens is 1. The summed E-state index contributed by atoms with van der Waals surface area (Å²) in [5, 5.41) is 3.96. The van der Waals surface area contributed by atoms with E-state index in [4.69, 9.17) is 11.6 Å². The summed E-state index contributed by atoms with van der Waals surface area (Å²) in [6, 6.07) is 21.5. The third kappa shape index (κ3) is 4.62. The molecule has 5 nitrogen and oxygen atoms in total. The van der Waals surface area contributed by atoms with Crippen molar-refractivity contribution >= 4 is 23.4 Å². The Balaban J connectivity index is 1.51. The minimum Gasteiger partial charge on any atom is -0.351 e. The molecule has 0 saturated heterocycles. The minimum absolute atomic E-state index is 0.0854. The smallest absolute Gasteiger partial charge is 0.271 e. The third-order valence-corrected chi connectivity index (χ3v) is 7.92. The number of rotatable bonds is 5. The zero-order valence-electron chi connectivity index (χ0n) is 20.3. The van der Waals surface area contributed by atoms with Gasteiger partial charge in [-0.05, 0) is 73.9 Å². The van der Waals surface area contributed by atoms with Crippen LogP contribution in [0.25, 0.3) is 11.3 Å². The summed E-state index contributed by atoms with van der Waals surface area (Å²) in [5.41, 5.74) is 2.49. The van der Waals surface area contributed by atoms with Crippen LogP contribution in [0.4, 0.5) is 0 Å². The van der Waals surface area contributed by atoms with Crippen molar-refractivity contribution < 1.29 is 9.59 Å². The van der Waals surface area contributed by atoms with Crippen LogP contribution in [-0.4, -0.2) is 32.9 Å². The number of nitrogens with zero attached hydrogens (tertiary/aromatic N) is 2. The molecule has 0 bridgehead atoms. The van der Waals surface area contributed by atoms with Crippen molar-refractivity contribution in [3.63, 3.8) is 0 Å². The zero-order chi connectivity index (χ0) is 24.6. The summed E-state index contributed by atoms with van der Waals surface area (Å²) in [6.07, 6.45) is 4.21. The molecule has 2 aromatic carbocycles. The summed E-state index contributed by atoms with van der Waals surface area (Å²) in [5.74, 6) is 0.480. The molecule has 5 rings (SSSR count). The molecule has 2 amide bonds. The Labute approximate surface area is 212 Å². The maximum Gasteiger partial charge on any atom is 0.271 e. The molecule has 2 aliphatic rings. The van der Waals surface area contributed by atoms with Gasteiger partial charge in [-0.1, -0.05) is 61.0 Å². The predicted molar refractivity (Wildman–Crippen MR) is 139 cm³/mol. The first-order valence-corrected chi connectivity index (χ1v) is 12.9. The molecule has 1 atom stereocenters. The second-order valence-electron chi connectivity index (χ2n) is 10.3. The standard InChI is InChI=1S/C29H32ClN3O2/c1-20-8-14-24(15-9-20)31-28(35)29(2)19-32-25(22-6-4-3-5-7-22)16-17-26(32)27(34)33(29)18-21-10-12-23(30)13-11-21/h3-7,10-13,16-17,20,24H,8-9,14-15,18-19H2,1-2H3,(H,31,35). The van der Waals surface area contributed by atoms with E-state index in [0.717, 1.165) is 42.5 Å². The maximum absolute atomic E-state index is 13.9. The molecule has 35 heavy (non-hydrogen) atoms. The van der Waals surface area contributed by atoms with E-state index >= 15 is 0 Å². The van der Waals surface area contributed by atoms with E-state index in [-0.39, 0.29) is 17.9 Å². The van der Waals surface area contributed by atoms with Gasteiger partial charge in [0.15, 0.2) is 0 Å². The lowest BCUT2D eigenvalue weighted by Gasteiger charge is -2.45. The first-order valence-electron chi connectivity index (χ1n) is 12.5. The molecule has 1 saturated carbocycles. The zero-order valence-corrected chi connectivity index (χ0v) is 21.1. The van der Waals surface area contributed by atoms with Crippen molar-refractivity contribution in [2.75, 3.05) is 0 Å². The molecule has 6 heteroatoms. The number of carbonyl (C=O) groups is 2. The Hall–Kier alpha value is -3.05. The van der Waals surface area contributed by atoms with E-state index in [9.17, 15) is 9.59 Å². The summed E-state index contributed by atoms with van der Waals surface area (Å²) >= 11 is 6.09. The largest absolute Gasteiger partial charge is 0.351 e. The lowest BCUT2D eigenvalue weighted by Crippen LogP contribution is -2.64. The van der Waals surface area contributed by atoms with Crippen LogP contribution in [0.2, 0.25) is 5.02 Å². The molecule has 0 radical (unpaired) electrons. The van der Waals surface area contributed by atoms with Crippen molar-refractivity contribution in [2.24, 2.45) is 5.92 Å². The molecule has 1 fully saturated rings. The average Bonchev–Trinajstić information content (AvgIpc) is 3.28. The van der Waals surface area contributed by atoms with Crippen molar-refractivity contribution in [2.45, 2.75) is 64.2 Å². The van der Waals surface area contributed by atoms with Crippen LogP contribution in [0, 0.1) is 5.92 Å². The van der Waals surface area contributed by atoms with E-state index in [1.807, 2.05) is 78.2 Å². The number of carbonyl (C=O) groups excluding carboxylic acids is 2. The minimum atomic E-state index is -1.03. The number of hydrogen-bond acceptors (Lipinski definition) is 2. The number of benzene rings is 2. The highest BCUT2D eigenvalue weighted by Crippen LogP contribution is 2.35. The van der Waals surface area contributed by atoms with Crippen molar-refractivity contribution in [1.29, 1.82) is 0 Å². The number of amides is 2. The molecule has 1 aliphatic heterocycles. The number of halogens is 1. The predicted octanol–water partition coefficient (Wildman–Crippen LogP) is 5.92. The SMILES string of the molecule is CC1CCC(NC(=O)C2(C)Cn3c(ccc3-c3ccccc3)C(=O)N2Cc2ccc(Cl)cc2)CC1. The molecule has 0 spiro atoms. The Bertz CT molecular complexity index is 1210. The van der Waals surface area contributed by atoms with Crippen LogP contribution in [-0.2, 0) is 17.9 Å². The quantitative estimate of drug-likeness (QED) is 0.483. The molecule has 1 aromatic heterocycles. The van der Waals surface area contributed by atoms with Crippen LogP contribution >= 0.6 is 11.6 Å². The van der Waals surface area contributed by atoms with Gasteiger partial charge in [-0.2, -0.15) is 0 Å². The fourth-order valence-electron chi connectivity index (χ4n) is 5.40. The first-order chi connectivity index (χ1) is 16.8. The van der Waals surface area contributed by atoms with Gasteiger partial charge in [-0.3, -0.25) is 9.59 Å². The average molecular weight is 490 g/mol. The van der Waals surface area contributed by atoms with Crippen molar-refractivity contribution in [3.8, 4) is 11.3 Å². The summed E-state index contributed by atoms with van der Waals surface area (Å²) in [6.45, 7) is 4.91. The van der Waals surface area contributed by atoms with Crippen molar-refractivity contribution in [1.82, 2.24) is 14.8 Å². The van der Waals surface area contributed by atoms with Crippen LogP contribution < -0.4 is 5.32 Å². The first kappa shape index (κ1) is 23.7. The van der Waals surface area contributed by atoms with Crippen LogP contribution in [0.3, 0.4) is 0 Å². The van der Waals surface area contributed by atoms with Gasteiger partial charge < -0.3 is 14.8 Å². The molecule has 1 aliphatic carbocycles. The van der Waals surface area contributed by atoms with Gasteiger partial charge in [-0.25, -0.2) is 0 Å². The van der Waals surface area contributed by atoms with E-state index in [0.29, 0.717) is 29.7 Å². The summed E-state index contributed by atoms with van der Waals surface area (Å²) in [4.78, 5) is 29.5. The Kier molecular flexibility index (Phi) is 6.45. The van der Waals surface area contributed by atoms with E-state index < -0.39 is 5.54 Å². The van der Waals surface area contributed by atoms with Gasteiger partial charge in [0.25, 0.3) is 5.91 Å². The van der Waals surface area contributed by atoms with Crippen LogP contribution in [0.5, 0.6) is 0 Å². The second kappa shape index (κ2) is 9.54.